The molecule has 1 aliphatic rings. The summed E-state index contributed by atoms with van der Waals surface area (Å²) in [5.41, 5.74) is -1.11. The summed E-state index contributed by atoms with van der Waals surface area (Å²) >= 11 is 0. The van der Waals surface area contributed by atoms with E-state index in [9.17, 15) is 27.9 Å². The molecule has 9 heteroatoms. The Labute approximate surface area is 177 Å². The number of carboxylic acid groups (broad SMARTS) is 1. The van der Waals surface area contributed by atoms with E-state index in [4.69, 9.17) is 4.74 Å². The van der Waals surface area contributed by atoms with E-state index in [-0.39, 0.29) is 11.5 Å². The van der Waals surface area contributed by atoms with E-state index in [1.54, 1.807) is 23.1 Å². The summed E-state index contributed by atoms with van der Waals surface area (Å²) in [7, 11) is 0. The number of hydrogen-bond acceptors (Lipinski definition) is 4. The maximum atomic E-state index is 12.7. The highest BCUT2D eigenvalue weighted by Crippen LogP contribution is 2.29. The molecule has 0 aliphatic carbocycles. The molecular weight excluding hydrogens is 413 g/mol. The van der Waals surface area contributed by atoms with E-state index >= 15 is 0 Å². The molecule has 0 radical (unpaired) electrons. The van der Waals surface area contributed by atoms with Crippen LogP contribution < -0.4 is 9.64 Å². The predicted molar refractivity (Wildman–Crippen MR) is 108 cm³/mol. The van der Waals surface area contributed by atoms with E-state index in [2.05, 4.69) is 0 Å². The van der Waals surface area contributed by atoms with Crippen LogP contribution in [0.25, 0.3) is 0 Å². The van der Waals surface area contributed by atoms with Crippen molar-refractivity contribution in [3.8, 4) is 5.75 Å². The molecule has 0 aromatic heterocycles. The van der Waals surface area contributed by atoms with Crippen LogP contribution in [0.15, 0.2) is 48.5 Å². The fraction of sp³-hybridized carbons (Fsp3) is 0.364. The van der Waals surface area contributed by atoms with Crippen molar-refractivity contribution < 1.29 is 32.6 Å². The Balaban J connectivity index is 1.62. The fourth-order valence-electron chi connectivity index (χ4n) is 3.23. The average Bonchev–Trinajstić information content (AvgIpc) is 2.72. The largest absolute Gasteiger partial charge is 0.478 e. The lowest BCUT2D eigenvalue weighted by Gasteiger charge is -2.36. The molecule has 2 aromatic carbocycles. The molecule has 1 heterocycles. The SMILES string of the molecule is CC(C)(Oc1cccc(N2CCN(C(=O)c3ccc(C(F)(F)F)cc3)CC2)c1)C(=O)O. The summed E-state index contributed by atoms with van der Waals surface area (Å²) in [6.45, 7) is 4.80. The summed E-state index contributed by atoms with van der Waals surface area (Å²) in [5.74, 6) is -0.963. The molecule has 0 bridgehead atoms. The Bertz CT molecular complexity index is 950. The summed E-state index contributed by atoms with van der Waals surface area (Å²) < 4.78 is 43.7. The van der Waals surface area contributed by atoms with Gasteiger partial charge in [-0.25, -0.2) is 4.79 Å². The zero-order chi connectivity index (χ0) is 22.8. The topological polar surface area (TPSA) is 70.1 Å². The number of benzene rings is 2. The molecule has 1 N–H and O–H groups in total. The quantitative estimate of drug-likeness (QED) is 0.770. The number of piperazine rings is 1. The van der Waals surface area contributed by atoms with Gasteiger partial charge in [-0.15, -0.1) is 0 Å². The highest BCUT2D eigenvalue weighted by molar-refractivity contribution is 5.94. The normalized spacial score (nSPS) is 15.0. The number of amides is 1. The number of carbonyl (C=O) groups excluding carboxylic acids is 1. The first-order chi connectivity index (χ1) is 14.5. The van der Waals surface area contributed by atoms with Crippen molar-refractivity contribution in [3.63, 3.8) is 0 Å². The van der Waals surface area contributed by atoms with Gasteiger partial charge < -0.3 is 19.6 Å². The molecule has 31 heavy (non-hydrogen) atoms. The van der Waals surface area contributed by atoms with Gasteiger partial charge in [0.2, 0.25) is 0 Å². The molecular formula is C22H23F3N2O4. The molecule has 1 saturated heterocycles. The molecule has 166 valence electrons. The van der Waals surface area contributed by atoms with E-state index in [0.29, 0.717) is 31.9 Å². The Kier molecular flexibility index (Phi) is 6.15. The minimum atomic E-state index is -4.44. The third-order valence-corrected chi connectivity index (χ3v) is 5.10. The molecule has 0 unspecified atom stereocenters. The highest BCUT2D eigenvalue weighted by atomic mass is 19.4. The van der Waals surface area contributed by atoms with Crippen molar-refractivity contribution in [2.24, 2.45) is 0 Å². The van der Waals surface area contributed by atoms with E-state index in [1.165, 1.54) is 26.0 Å². The molecule has 0 atom stereocenters. The van der Waals surface area contributed by atoms with E-state index in [0.717, 1.165) is 17.8 Å². The van der Waals surface area contributed by atoms with Gasteiger partial charge >= 0.3 is 12.1 Å². The van der Waals surface area contributed by atoms with Crippen LogP contribution in [0.3, 0.4) is 0 Å². The standard InChI is InChI=1S/C22H23F3N2O4/c1-21(2,20(29)30)31-18-5-3-4-17(14-18)26-10-12-27(13-11-26)19(28)15-6-8-16(9-7-15)22(23,24)25/h3-9,14H,10-13H2,1-2H3,(H,29,30). The lowest BCUT2D eigenvalue weighted by atomic mass is 10.1. The molecule has 1 fully saturated rings. The summed E-state index contributed by atoms with van der Waals surface area (Å²) in [5, 5.41) is 9.22. The van der Waals surface area contributed by atoms with Crippen LogP contribution in [0, 0.1) is 0 Å². The van der Waals surface area contributed by atoms with Crippen molar-refractivity contribution in [1.82, 2.24) is 4.90 Å². The van der Waals surface area contributed by atoms with Crippen molar-refractivity contribution in [2.45, 2.75) is 25.6 Å². The third kappa shape index (κ3) is 5.28. The van der Waals surface area contributed by atoms with Gasteiger partial charge in [0.25, 0.3) is 5.91 Å². The van der Waals surface area contributed by atoms with Crippen molar-refractivity contribution in [3.05, 3.63) is 59.7 Å². The third-order valence-electron chi connectivity index (χ3n) is 5.10. The molecule has 0 saturated carbocycles. The molecule has 3 rings (SSSR count). The van der Waals surface area contributed by atoms with Crippen LogP contribution in [0.4, 0.5) is 18.9 Å². The number of carboxylic acids is 1. The Hall–Kier alpha value is -3.23. The minimum Gasteiger partial charge on any atom is -0.478 e. The Morgan fingerprint density at radius 2 is 1.58 bits per heavy atom. The number of nitrogens with zero attached hydrogens (tertiary/aromatic N) is 2. The second kappa shape index (κ2) is 8.49. The van der Waals surface area contributed by atoms with E-state index < -0.39 is 23.3 Å². The number of hydrogen-bond donors (Lipinski definition) is 1. The Morgan fingerprint density at radius 1 is 0.968 bits per heavy atom. The molecule has 6 nitrogen and oxygen atoms in total. The summed E-state index contributed by atoms with van der Waals surface area (Å²) in [6, 6.07) is 11.3. The number of rotatable bonds is 5. The van der Waals surface area contributed by atoms with Crippen molar-refractivity contribution in [1.29, 1.82) is 0 Å². The second-order valence-electron chi connectivity index (χ2n) is 7.77. The van der Waals surface area contributed by atoms with Crippen LogP contribution in [-0.2, 0) is 11.0 Å². The van der Waals surface area contributed by atoms with Gasteiger partial charge in [-0.2, -0.15) is 13.2 Å². The molecule has 1 amide bonds. The van der Waals surface area contributed by atoms with Gasteiger partial charge in [-0.3, -0.25) is 4.79 Å². The maximum absolute atomic E-state index is 12.7. The minimum absolute atomic E-state index is 0.216. The maximum Gasteiger partial charge on any atom is 0.416 e. The first-order valence-electron chi connectivity index (χ1n) is 9.71. The Morgan fingerprint density at radius 3 is 2.13 bits per heavy atom. The smallest absolute Gasteiger partial charge is 0.416 e. The lowest BCUT2D eigenvalue weighted by molar-refractivity contribution is -0.152. The van der Waals surface area contributed by atoms with Crippen LogP contribution in [-0.4, -0.2) is 53.7 Å². The van der Waals surface area contributed by atoms with Gasteiger partial charge in [0.05, 0.1) is 5.56 Å². The van der Waals surface area contributed by atoms with Gasteiger partial charge in [0.15, 0.2) is 5.60 Å². The average molecular weight is 436 g/mol. The first kappa shape index (κ1) is 22.5. The van der Waals surface area contributed by atoms with Crippen LogP contribution >= 0.6 is 0 Å². The van der Waals surface area contributed by atoms with Crippen LogP contribution in [0.2, 0.25) is 0 Å². The lowest BCUT2D eigenvalue weighted by Crippen LogP contribution is -2.48. The number of aliphatic carboxylic acids is 1. The summed E-state index contributed by atoms with van der Waals surface area (Å²) in [6.07, 6.45) is -4.44. The number of carbonyl (C=O) groups is 2. The zero-order valence-corrected chi connectivity index (χ0v) is 17.1. The van der Waals surface area contributed by atoms with Gasteiger partial charge in [-0.1, -0.05) is 6.07 Å². The summed E-state index contributed by atoms with van der Waals surface area (Å²) in [4.78, 5) is 27.5. The van der Waals surface area contributed by atoms with Gasteiger partial charge in [-0.05, 0) is 50.2 Å². The number of halogens is 3. The number of alkyl halides is 3. The van der Waals surface area contributed by atoms with Crippen molar-refractivity contribution >= 4 is 17.6 Å². The van der Waals surface area contributed by atoms with Crippen LogP contribution in [0.5, 0.6) is 5.75 Å². The molecule has 1 aliphatic heterocycles. The number of ether oxygens (including phenoxy) is 1. The van der Waals surface area contributed by atoms with Crippen molar-refractivity contribution in [2.75, 3.05) is 31.1 Å². The predicted octanol–water partition coefficient (Wildman–Crippen LogP) is 3.91. The molecule has 0 spiro atoms. The van der Waals surface area contributed by atoms with Gasteiger partial charge in [0, 0.05) is 43.5 Å². The highest BCUT2D eigenvalue weighted by Gasteiger charge is 2.31. The monoisotopic (exact) mass is 436 g/mol. The van der Waals surface area contributed by atoms with Crippen LogP contribution in [0.1, 0.15) is 29.8 Å². The van der Waals surface area contributed by atoms with Gasteiger partial charge in [0.1, 0.15) is 5.75 Å². The first-order valence-corrected chi connectivity index (χ1v) is 9.71. The second-order valence-corrected chi connectivity index (χ2v) is 7.77. The van der Waals surface area contributed by atoms with E-state index in [1.807, 2.05) is 11.0 Å². The fourth-order valence-corrected chi connectivity index (χ4v) is 3.23. The zero-order valence-electron chi connectivity index (χ0n) is 17.1. The number of anilines is 1. The molecule has 2 aromatic rings.